The normalized spacial score (nSPS) is 18.0. The van der Waals surface area contributed by atoms with Crippen LogP contribution in [0, 0.1) is 5.92 Å². The molecule has 0 radical (unpaired) electrons. The fraction of sp³-hybridized carbons (Fsp3) is 0.250. The van der Waals surface area contributed by atoms with E-state index in [2.05, 4.69) is 23.6 Å². The van der Waals surface area contributed by atoms with Crippen molar-refractivity contribution >= 4 is 11.5 Å². The van der Waals surface area contributed by atoms with E-state index in [4.69, 9.17) is 0 Å². The van der Waals surface area contributed by atoms with Crippen molar-refractivity contribution in [2.45, 2.75) is 12.8 Å². The third-order valence-electron chi connectivity index (χ3n) is 4.34. The zero-order valence-corrected chi connectivity index (χ0v) is 12.7. The second kappa shape index (κ2) is 6.61. The van der Waals surface area contributed by atoms with Crippen LogP contribution >= 0.6 is 0 Å². The summed E-state index contributed by atoms with van der Waals surface area (Å²) in [6.07, 6.45) is 2.00. The average Bonchev–Trinajstić information content (AvgIpc) is 2.62. The molecular formula is C20H21NO. The number of carbonyl (C=O) groups excluding carboxylic acids is 1. The maximum absolute atomic E-state index is 12.6. The molecular weight excluding hydrogens is 270 g/mol. The van der Waals surface area contributed by atoms with Crippen molar-refractivity contribution in [3.8, 4) is 0 Å². The van der Waals surface area contributed by atoms with E-state index in [1.54, 1.807) is 0 Å². The summed E-state index contributed by atoms with van der Waals surface area (Å²) in [5, 5.41) is 0. The molecule has 0 saturated carbocycles. The van der Waals surface area contributed by atoms with Crippen LogP contribution in [0.15, 0.2) is 67.2 Å². The molecule has 1 unspecified atom stereocenters. The molecule has 22 heavy (non-hydrogen) atoms. The quantitative estimate of drug-likeness (QED) is 0.785. The maximum atomic E-state index is 12.6. The topological polar surface area (TPSA) is 20.3 Å². The molecule has 0 aromatic heterocycles. The first-order chi connectivity index (χ1) is 10.8. The SMILES string of the molecule is C=C(c1ccccc1)N1CCCC(C(=O)c2ccccc2)C1. The Balaban J connectivity index is 1.72. The number of hydrogen-bond donors (Lipinski definition) is 0. The van der Waals surface area contributed by atoms with Gasteiger partial charge in [0.15, 0.2) is 5.78 Å². The smallest absolute Gasteiger partial charge is 0.167 e. The second-order valence-electron chi connectivity index (χ2n) is 5.83. The van der Waals surface area contributed by atoms with E-state index in [-0.39, 0.29) is 11.7 Å². The molecule has 1 heterocycles. The highest BCUT2D eigenvalue weighted by Crippen LogP contribution is 2.26. The van der Waals surface area contributed by atoms with Gasteiger partial charge in [-0.25, -0.2) is 0 Å². The number of Topliss-reactive ketones (excluding diaryl/α,β-unsaturated/α-hetero) is 1. The maximum Gasteiger partial charge on any atom is 0.167 e. The Kier molecular flexibility index (Phi) is 4.38. The Morgan fingerprint density at radius 3 is 2.18 bits per heavy atom. The highest BCUT2D eigenvalue weighted by atomic mass is 16.1. The van der Waals surface area contributed by atoms with Gasteiger partial charge in [0.25, 0.3) is 0 Å². The lowest BCUT2D eigenvalue weighted by Gasteiger charge is -2.35. The van der Waals surface area contributed by atoms with Crippen LogP contribution in [-0.2, 0) is 0 Å². The number of ketones is 1. The van der Waals surface area contributed by atoms with Gasteiger partial charge in [-0.3, -0.25) is 4.79 Å². The summed E-state index contributed by atoms with van der Waals surface area (Å²) in [6, 6.07) is 19.8. The molecule has 0 bridgehead atoms. The standard InChI is InChI=1S/C20H21NO/c1-16(17-9-4-2-5-10-17)21-14-8-13-19(15-21)20(22)18-11-6-3-7-12-18/h2-7,9-12,19H,1,8,13-15H2. The summed E-state index contributed by atoms with van der Waals surface area (Å²) in [5.41, 5.74) is 2.97. The fourth-order valence-corrected chi connectivity index (χ4v) is 3.09. The summed E-state index contributed by atoms with van der Waals surface area (Å²) in [6.45, 7) is 5.97. The summed E-state index contributed by atoms with van der Waals surface area (Å²) in [4.78, 5) is 14.9. The fourth-order valence-electron chi connectivity index (χ4n) is 3.09. The minimum Gasteiger partial charge on any atom is -0.371 e. The van der Waals surface area contributed by atoms with Crippen molar-refractivity contribution in [2.75, 3.05) is 13.1 Å². The molecule has 1 atom stereocenters. The number of likely N-dealkylation sites (tertiary alicyclic amines) is 1. The third kappa shape index (κ3) is 3.11. The summed E-state index contributed by atoms with van der Waals surface area (Å²) >= 11 is 0. The lowest BCUT2D eigenvalue weighted by molar-refractivity contribution is 0.0862. The van der Waals surface area contributed by atoms with Crippen molar-refractivity contribution in [3.63, 3.8) is 0 Å². The Labute approximate surface area is 132 Å². The van der Waals surface area contributed by atoms with E-state index in [1.165, 1.54) is 0 Å². The highest BCUT2D eigenvalue weighted by Gasteiger charge is 2.27. The molecule has 2 aromatic rings. The lowest BCUT2D eigenvalue weighted by atomic mass is 9.89. The van der Waals surface area contributed by atoms with Crippen LogP contribution in [0.2, 0.25) is 0 Å². The molecule has 2 heteroatoms. The summed E-state index contributed by atoms with van der Waals surface area (Å²) < 4.78 is 0. The molecule has 1 aliphatic rings. The first-order valence-electron chi connectivity index (χ1n) is 7.84. The Bertz CT molecular complexity index is 590. The van der Waals surface area contributed by atoms with Gasteiger partial charge in [0, 0.05) is 30.3 Å². The van der Waals surface area contributed by atoms with Gasteiger partial charge in [0.1, 0.15) is 0 Å². The van der Waals surface area contributed by atoms with Crippen LogP contribution in [0.4, 0.5) is 0 Å². The molecule has 1 saturated heterocycles. The second-order valence-corrected chi connectivity index (χ2v) is 5.83. The summed E-state index contributed by atoms with van der Waals surface area (Å²) in [7, 11) is 0. The lowest BCUT2D eigenvalue weighted by Crippen LogP contribution is -2.37. The number of carbonyl (C=O) groups is 1. The zero-order valence-electron chi connectivity index (χ0n) is 12.7. The van der Waals surface area contributed by atoms with Gasteiger partial charge in [-0.2, -0.15) is 0 Å². The van der Waals surface area contributed by atoms with Gasteiger partial charge in [-0.05, 0) is 18.4 Å². The first kappa shape index (κ1) is 14.6. The number of hydrogen-bond acceptors (Lipinski definition) is 2. The minimum absolute atomic E-state index is 0.0663. The van der Waals surface area contributed by atoms with E-state index < -0.39 is 0 Å². The number of piperidine rings is 1. The van der Waals surface area contributed by atoms with E-state index in [9.17, 15) is 4.79 Å². The van der Waals surface area contributed by atoms with Gasteiger partial charge >= 0.3 is 0 Å². The van der Waals surface area contributed by atoms with Crippen molar-refractivity contribution in [1.82, 2.24) is 4.90 Å². The molecule has 2 aromatic carbocycles. The van der Waals surface area contributed by atoms with Crippen molar-refractivity contribution in [3.05, 3.63) is 78.4 Å². The molecule has 0 amide bonds. The van der Waals surface area contributed by atoms with Crippen LogP contribution in [0.5, 0.6) is 0 Å². The van der Waals surface area contributed by atoms with Crippen molar-refractivity contribution in [1.29, 1.82) is 0 Å². The van der Waals surface area contributed by atoms with E-state index >= 15 is 0 Å². The Morgan fingerprint density at radius 2 is 1.55 bits per heavy atom. The molecule has 0 N–H and O–H groups in total. The largest absolute Gasteiger partial charge is 0.371 e. The summed E-state index contributed by atoms with van der Waals surface area (Å²) in [5.74, 6) is 0.322. The van der Waals surface area contributed by atoms with E-state index in [1.807, 2.05) is 48.5 Å². The highest BCUT2D eigenvalue weighted by molar-refractivity contribution is 5.98. The minimum atomic E-state index is 0.0663. The molecule has 0 spiro atoms. The Hall–Kier alpha value is -2.35. The molecule has 1 fully saturated rings. The van der Waals surface area contributed by atoms with Gasteiger partial charge in [0.05, 0.1) is 0 Å². The molecule has 0 aliphatic carbocycles. The van der Waals surface area contributed by atoms with E-state index in [0.717, 1.165) is 42.8 Å². The Morgan fingerprint density at radius 1 is 0.955 bits per heavy atom. The van der Waals surface area contributed by atoms with Crippen molar-refractivity contribution < 1.29 is 4.79 Å². The van der Waals surface area contributed by atoms with Gasteiger partial charge in [-0.15, -0.1) is 0 Å². The van der Waals surface area contributed by atoms with Crippen LogP contribution < -0.4 is 0 Å². The molecule has 2 nitrogen and oxygen atoms in total. The molecule has 112 valence electrons. The van der Waals surface area contributed by atoms with Crippen molar-refractivity contribution in [2.24, 2.45) is 5.92 Å². The first-order valence-corrected chi connectivity index (χ1v) is 7.84. The predicted octanol–water partition coefficient (Wildman–Crippen LogP) is 4.25. The number of rotatable bonds is 4. The van der Waals surface area contributed by atoms with Gasteiger partial charge in [-0.1, -0.05) is 67.2 Å². The zero-order chi connectivity index (χ0) is 15.4. The number of nitrogens with zero attached hydrogens (tertiary/aromatic N) is 1. The van der Waals surface area contributed by atoms with Gasteiger partial charge in [0.2, 0.25) is 0 Å². The predicted molar refractivity (Wildman–Crippen MR) is 90.5 cm³/mol. The van der Waals surface area contributed by atoms with Crippen LogP contribution in [0.3, 0.4) is 0 Å². The number of benzene rings is 2. The third-order valence-corrected chi connectivity index (χ3v) is 4.34. The molecule has 3 rings (SSSR count). The van der Waals surface area contributed by atoms with Crippen LogP contribution in [-0.4, -0.2) is 23.8 Å². The van der Waals surface area contributed by atoms with E-state index in [0.29, 0.717) is 0 Å². The average molecular weight is 291 g/mol. The van der Waals surface area contributed by atoms with Gasteiger partial charge < -0.3 is 4.90 Å². The van der Waals surface area contributed by atoms with Crippen LogP contribution in [0.25, 0.3) is 5.70 Å². The monoisotopic (exact) mass is 291 g/mol. The molecule has 1 aliphatic heterocycles. The van der Waals surface area contributed by atoms with Crippen LogP contribution in [0.1, 0.15) is 28.8 Å².